The molecule has 10 heteroatoms. The molecule has 0 aliphatic carbocycles. The first-order valence-electron chi connectivity index (χ1n) is 5.00. The van der Waals surface area contributed by atoms with Crippen molar-refractivity contribution in [2.45, 2.75) is 18.7 Å². The van der Waals surface area contributed by atoms with E-state index in [4.69, 9.17) is 16.7 Å². The van der Waals surface area contributed by atoms with Crippen molar-refractivity contribution >= 4 is 23.3 Å². The summed E-state index contributed by atoms with van der Waals surface area (Å²) in [5.74, 6) is -2.45. The zero-order valence-corrected chi connectivity index (χ0v) is 10.3. The molecule has 0 aromatic heterocycles. The van der Waals surface area contributed by atoms with Crippen molar-refractivity contribution < 1.29 is 32.7 Å². The Kier molecular flexibility index (Phi) is 4.77. The lowest BCUT2D eigenvalue weighted by Gasteiger charge is -2.20. The van der Waals surface area contributed by atoms with Gasteiger partial charge < -0.3 is 9.84 Å². The van der Waals surface area contributed by atoms with Gasteiger partial charge in [-0.3, -0.25) is 14.9 Å². The van der Waals surface area contributed by atoms with E-state index in [1.165, 1.54) is 0 Å². The van der Waals surface area contributed by atoms with Crippen LogP contribution >= 0.6 is 11.6 Å². The Labute approximate surface area is 114 Å². The topological polar surface area (TPSA) is 89.7 Å². The first kappa shape index (κ1) is 16.0. The highest BCUT2D eigenvalue weighted by Crippen LogP contribution is 2.34. The van der Waals surface area contributed by atoms with Crippen LogP contribution in [0.5, 0.6) is 5.75 Å². The van der Waals surface area contributed by atoms with Gasteiger partial charge in [-0.1, -0.05) is 11.6 Å². The Hall–Kier alpha value is -2.03. The summed E-state index contributed by atoms with van der Waals surface area (Å²) >= 11 is 5.50. The minimum Gasteiger partial charge on any atom is -0.481 e. The van der Waals surface area contributed by atoms with Gasteiger partial charge in [0.1, 0.15) is 0 Å². The average molecular weight is 314 g/mol. The van der Waals surface area contributed by atoms with Crippen molar-refractivity contribution in [1.82, 2.24) is 0 Å². The molecule has 0 spiro atoms. The summed E-state index contributed by atoms with van der Waals surface area (Å²) in [6.07, 6.45) is -9.05. The monoisotopic (exact) mass is 313 g/mol. The summed E-state index contributed by atoms with van der Waals surface area (Å²) < 4.78 is 42.2. The van der Waals surface area contributed by atoms with Crippen LogP contribution in [0, 0.1) is 10.1 Å². The van der Waals surface area contributed by atoms with E-state index in [-0.39, 0.29) is 5.02 Å². The molecule has 1 rings (SSSR count). The Morgan fingerprint density at radius 2 is 2.10 bits per heavy atom. The number of carboxylic acid groups (broad SMARTS) is 1. The molecular weight excluding hydrogens is 307 g/mol. The molecular formula is C10H7ClF3NO5. The fraction of sp³-hybridized carbons (Fsp3) is 0.300. The van der Waals surface area contributed by atoms with Gasteiger partial charge in [0.2, 0.25) is 6.10 Å². The lowest BCUT2D eigenvalue weighted by atomic mass is 10.2. The number of nitro groups is 1. The molecule has 6 nitrogen and oxygen atoms in total. The molecule has 1 unspecified atom stereocenters. The van der Waals surface area contributed by atoms with Gasteiger partial charge in [-0.05, 0) is 12.1 Å². The summed E-state index contributed by atoms with van der Waals surface area (Å²) in [4.78, 5) is 20.1. The van der Waals surface area contributed by atoms with E-state index in [1.807, 2.05) is 0 Å². The number of aliphatic carboxylic acids is 1. The zero-order chi connectivity index (χ0) is 15.5. The molecule has 20 heavy (non-hydrogen) atoms. The van der Waals surface area contributed by atoms with E-state index in [9.17, 15) is 28.1 Å². The number of nitro benzene ring substituents is 1. The number of alkyl halides is 3. The first-order chi connectivity index (χ1) is 9.11. The third-order valence-corrected chi connectivity index (χ3v) is 2.35. The number of rotatable bonds is 5. The maximum atomic E-state index is 12.6. The van der Waals surface area contributed by atoms with E-state index in [0.717, 1.165) is 18.2 Å². The molecule has 1 aromatic carbocycles. The van der Waals surface area contributed by atoms with Crippen LogP contribution in [-0.4, -0.2) is 28.3 Å². The van der Waals surface area contributed by atoms with Gasteiger partial charge >= 0.3 is 17.8 Å². The van der Waals surface area contributed by atoms with E-state index >= 15 is 0 Å². The molecule has 0 heterocycles. The van der Waals surface area contributed by atoms with E-state index in [1.54, 1.807) is 0 Å². The maximum absolute atomic E-state index is 12.6. The van der Waals surface area contributed by atoms with Crippen LogP contribution in [0.1, 0.15) is 6.42 Å². The highest BCUT2D eigenvalue weighted by Gasteiger charge is 2.44. The highest BCUT2D eigenvalue weighted by atomic mass is 35.5. The molecule has 110 valence electrons. The largest absolute Gasteiger partial charge is 0.481 e. The summed E-state index contributed by atoms with van der Waals surface area (Å²) in [5, 5.41) is 19.0. The number of ether oxygens (including phenoxy) is 1. The molecule has 0 bridgehead atoms. The summed E-state index contributed by atoms with van der Waals surface area (Å²) in [6, 6.07) is 2.78. The number of carbonyl (C=O) groups is 1. The minimum atomic E-state index is -4.98. The van der Waals surface area contributed by atoms with Crippen LogP contribution in [0.4, 0.5) is 18.9 Å². The van der Waals surface area contributed by atoms with E-state index in [2.05, 4.69) is 4.74 Å². The van der Waals surface area contributed by atoms with Crippen molar-refractivity contribution in [2.24, 2.45) is 0 Å². The summed E-state index contributed by atoms with van der Waals surface area (Å²) in [5.41, 5.74) is -0.780. The van der Waals surface area contributed by atoms with Gasteiger partial charge in [-0.25, -0.2) is 0 Å². The van der Waals surface area contributed by atoms with Gasteiger partial charge in [0.15, 0.2) is 5.75 Å². The molecule has 0 saturated heterocycles. The van der Waals surface area contributed by atoms with Gasteiger partial charge in [0.05, 0.1) is 11.3 Å². The zero-order valence-electron chi connectivity index (χ0n) is 9.56. The molecule has 0 saturated carbocycles. The Bertz CT molecular complexity index is 534. The molecule has 1 aromatic rings. The Morgan fingerprint density at radius 1 is 1.50 bits per heavy atom. The predicted octanol–water partition coefficient (Wildman–Crippen LogP) is 3.03. The van der Waals surface area contributed by atoms with Gasteiger partial charge in [0, 0.05) is 11.1 Å². The van der Waals surface area contributed by atoms with E-state index < -0.39 is 41.0 Å². The third kappa shape index (κ3) is 4.26. The Morgan fingerprint density at radius 3 is 2.55 bits per heavy atom. The molecule has 0 radical (unpaired) electrons. The summed E-state index contributed by atoms with van der Waals surface area (Å²) in [7, 11) is 0. The first-order valence-corrected chi connectivity index (χ1v) is 5.38. The normalized spacial score (nSPS) is 12.8. The molecule has 1 N–H and O–H groups in total. The highest BCUT2D eigenvalue weighted by molar-refractivity contribution is 6.30. The van der Waals surface area contributed by atoms with E-state index in [0.29, 0.717) is 0 Å². The summed E-state index contributed by atoms with van der Waals surface area (Å²) in [6.45, 7) is 0. The molecule has 0 fully saturated rings. The SMILES string of the molecule is O=C(O)CC(Oc1ccc(Cl)cc1[N+](=O)[O-])C(F)(F)F. The van der Waals surface area contributed by atoms with Crippen LogP contribution in [0.25, 0.3) is 0 Å². The van der Waals surface area contributed by atoms with Crippen LogP contribution in [-0.2, 0) is 4.79 Å². The number of nitrogens with zero attached hydrogens (tertiary/aromatic N) is 1. The smallest absolute Gasteiger partial charge is 0.426 e. The van der Waals surface area contributed by atoms with Gasteiger partial charge in [-0.15, -0.1) is 0 Å². The van der Waals surface area contributed by atoms with Crippen LogP contribution < -0.4 is 4.74 Å². The Balaban J connectivity index is 3.11. The molecule has 0 aliphatic heterocycles. The molecule has 0 aliphatic rings. The van der Waals surface area contributed by atoms with Crippen LogP contribution in [0.3, 0.4) is 0 Å². The van der Waals surface area contributed by atoms with Gasteiger partial charge in [0.25, 0.3) is 0 Å². The molecule has 1 atom stereocenters. The quantitative estimate of drug-likeness (QED) is 0.666. The van der Waals surface area contributed by atoms with Crippen LogP contribution in [0.15, 0.2) is 18.2 Å². The van der Waals surface area contributed by atoms with Gasteiger partial charge in [-0.2, -0.15) is 13.2 Å². The van der Waals surface area contributed by atoms with Crippen molar-refractivity contribution in [3.8, 4) is 5.75 Å². The maximum Gasteiger partial charge on any atom is 0.426 e. The van der Waals surface area contributed by atoms with Crippen molar-refractivity contribution in [1.29, 1.82) is 0 Å². The fourth-order valence-electron chi connectivity index (χ4n) is 1.27. The second-order valence-corrected chi connectivity index (χ2v) is 4.05. The average Bonchev–Trinajstić information content (AvgIpc) is 2.28. The fourth-order valence-corrected chi connectivity index (χ4v) is 1.44. The molecule has 0 amide bonds. The lowest BCUT2D eigenvalue weighted by molar-refractivity contribution is -0.386. The lowest BCUT2D eigenvalue weighted by Crippen LogP contribution is -2.36. The predicted molar refractivity (Wildman–Crippen MR) is 60.8 cm³/mol. The minimum absolute atomic E-state index is 0.0640. The van der Waals surface area contributed by atoms with Crippen molar-refractivity contribution in [2.75, 3.05) is 0 Å². The number of halogens is 4. The van der Waals surface area contributed by atoms with Crippen molar-refractivity contribution in [3.63, 3.8) is 0 Å². The number of carboxylic acids is 1. The second kappa shape index (κ2) is 5.95. The third-order valence-electron chi connectivity index (χ3n) is 2.11. The number of hydrogen-bond acceptors (Lipinski definition) is 4. The van der Waals surface area contributed by atoms with Crippen LogP contribution in [0.2, 0.25) is 5.02 Å². The number of benzene rings is 1. The number of hydrogen-bond donors (Lipinski definition) is 1. The standard InChI is InChI=1S/C10H7ClF3NO5/c11-5-1-2-7(6(3-5)15(18)19)20-8(4-9(16)17)10(12,13)14/h1-3,8H,4H2,(H,16,17). The second-order valence-electron chi connectivity index (χ2n) is 3.62. The van der Waals surface area contributed by atoms with Crippen molar-refractivity contribution in [3.05, 3.63) is 33.3 Å².